The number of hydrogen-bond acceptors (Lipinski definition) is 3. The Kier molecular flexibility index (Phi) is 5.21. The van der Waals surface area contributed by atoms with Crippen LogP contribution >= 0.6 is 11.8 Å². The van der Waals surface area contributed by atoms with Gasteiger partial charge in [0.05, 0.1) is 18.0 Å². The molecular weight excluding hydrogens is 292 g/mol. The highest BCUT2D eigenvalue weighted by atomic mass is 32.2. The second kappa shape index (κ2) is 7.34. The van der Waals surface area contributed by atoms with Gasteiger partial charge in [-0.3, -0.25) is 0 Å². The van der Waals surface area contributed by atoms with E-state index in [1.54, 1.807) is 11.8 Å². The molecule has 2 aromatic rings. The van der Waals surface area contributed by atoms with E-state index in [1.807, 2.05) is 0 Å². The van der Waals surface area contributed by atoms with Crippen LogP contribution in [0.25, 0.3) is 11.3 Å². The van der Waals surface area contributed by atoms with Crippen molar-refractivity contribution in [2.24, 2.45) is 0 Å². The van der Waals surface area contributed by atoms with E-state index < -0.39 is 0 Å². The van der Waals surface area contributed by atoms with E-state index in [4.69, 9.17) is 4.98 Å². The first-order chi connectivity index (χ1) is 10.8. The standard InChI is InChI=1S/C18H24N2OS/c1-2-3-4-5-6-14-7-9-15(10-8-14)17-16(13-21)20-11-12-22-18(20)19-17/h7-10,21H,2-6,11-13H2,1H3. The molecule has 0 amide bonds. The lowest BCUT2D eigenvalue weighted by Gasteiger charge is -2.06. The summed E-state index contributed by atoms with van der Waals surface area (Å²) < 4.78 is 2.15. The number of aryl methyl sites for hydroxylation is 1. The maximum absolute atomic E-state index is 9.68. The topological polar surface area (TPSA) is 38.0 Å². The molecule has 3 nitrogen and oxygen atoms in total. The lowest BCUT2D eigenvalue weighted by atomic mass is 10.0. The summed E-state index contributed by atoms with van der Waals surface area (Å²) in [7, 11) is 0. The highest BCUT2D eigenvalue weighted by Crippen LogP contribution is 2.33. The van der Waals surface area contributed by atoms with E-state index in [-0.39, 0.29) is 6.61 Å². The van der Waals surface area contributed by atoms with Gasteiger partial charge in [-0.1, -0.05) is 62.2 Å². The summed E-state index contributed by atoms with van der Waals surface area (Å²) in [4.78, 5) is 4.71. The van der Waals surface area contributed by atoms with Crippen molar-refractivity contribution >= 4 is 11.8 Å². The number of imidazole rings is 1. The van der Waals surface area contributed by atoms with Gasteiger partial charge in [-0.2, -0.15) is 0 Å². The molecular formula is C18H24N2OS. The van der Waals surface area contributed by atoms with E-state index in [0.717, 1.165) is 40.8 Å². The molecule has 22 heavy (non-hydrogen) atoms. The molecule has 1 aromatic heterocycles. The third-order valence-corrected chi connectivity index (χ3v) is 5.24. The molecule has 1 N–H and O–H groups in total. The lowest BCUT2D eigenvalue weighted by molar-refractivity contribution is 0.271. The number of hydrogen-bond donors (Lipinski definition) is 1. The third-order valence-electron chi connectivity index (χ3n) is 4.28. The first kappa shape index (κ1) is 15.6. The van der Waals surface area contributed by atoms with Gasteiger partial charge in [0.25, 0.3) is 0 Å². The number of rotatable bonds is 7. The fraction of sp³-hybridized carbons (Fsp3) is 0.500. The summed E-state index contributed by atoms with van der Waals surface area (Å²) in [5.41, 5.74) is 4.41. The molecule has 3 rings (SSSR count). The second-order valence-electron chi connectivity index (χ2n) is 5.86. The van der Waals surface area contributed by atoms with Crippen LogP contribution in [-0.2, 0) is 19.6 Å². The van der Waals surface area contributed by atoms with Crippen LogP contribution in [0.4, 0.5) is 0 Å². The van der Waals surface area contributed by atoms with Crippen LogP contribution in [-0.4, -0.2) is 20.4 Å². The lowest BCUT2D eigenvalue weighted by Crippen LogP contribution is -2.01. The summed E-state index contributed by atoms with van der Waals surface area (Å²) in [6.45, 7) is 3.26. The van der Waals surface area contributed by atoms with Crippen LogP contribution in [0, 0.1) is 0 Å². The molecule has 0 unspecified atom stereocenters. The van der Waals surface area contributed by atoms with Crippen molar-refractivity contribution < 1.29 is 5.11 Å². The van der Waals surface area contributed by atoms with Gasteiger partial charge in [0.15, 0.2) is 5.16 Å². The Balaban J connectivity index is 1.73. The maximum Gasteiger partial charge on any atom is 0.168 e. The minimum atomic E-state index is 0.0572. The number of benzene rings is 1. The number of thioether (sulfide) groups is 1. The van der Waals surface area contributed by atoms with Crippen molar-refractivity contribution in [3.05, 3.63) is 35.5 Å². The Labute approximate surface area is 136 Å². The monoisotopic (exact) mass is 316 g/mol. The summed E-state index contributed by atoms with van der Waals surface area (Å²) in [5.74, 6) is 1.06. The van der Waals surface area contributed by atoms with Gasteiger partial charge in [-0.25, -0.2) is 4.98 Å². The quantitative estimate of drug-likeness (QED) is 0.775. The maximum atomic E-state index is 9.68. The van der Waals surface area contributed by atoms with Crippen LogP contribution < -0.4 is 0 Å². The van der Waals surface area contributed by atoms with Crippen molar-refractivity contribution in [2.75, 3.05) is 5.75 Å². The SMILES string of the molecule is CCCCCCc1ccc(-c2nc3n(c2CO)CCS3)cc1. The molecule has 1 aromatic carbocycles. The fourth-order valence-corrected chi connectivity index (χ4v) is 3.98. The number of nitrogens with zero attached hydrogens (tertiary/aromatic N) is 2. The van der Waals surface area contributed by atoms with Crippen LogP contribution in [0.3, 0.4) is 0 Å². The number of unbranched alkanes of at least 4 members (excludes halogenated alkanes) is 3. The van der Waals surface area contributed by atoms with Crippen molar-refractivity contribution in [1.29, 1.82) is 0 Å². The Hall–Kier alpha value is -1.26. The molecule has 0 bridgehead atoms. The predicted octanol–water partition coefficient (Wildman–Crippen LogP) is 4.27. The molecule has 4 heteroatoms. The predicted molar refractivity (Wildman–Crippen MR) is 92.2 cm³/mol. The number of aliphatic hydroxyl groups excluding tert-OH is 1. The molecule has 0 saturated carbocycles. The van der Waals surface area contributed by atoms with Gasteiger partial charge >= 0.3 is 0 Å². The van der Waals surface area contributed by atoms with Crippen molar-refractivity contribution in [3.63, 3.8) is 0 Å². The number of fused-ring (bicyclic) bond motifs is 1. The molecule has 0 aliphatic carbocycles. The number of aliphatic hydroxyl groups is 1. The van der Waals surface area contributed by atoms with Crippen LogP contribution in [0.2, 0.25) is 0 Å². The normalized spacial score (nSPS) is 13.5. The van der Waals surface area contributed by atoms with Crippen LogP contribution in [0.1, 0.15) is 43.9 Å². The average molecular weight is 316 g/mol. The molecule has 0 fully saturated rings. The van der Waals surface area contributed by atoms with Crippen LogP contribution in [0.15, 0.2) is 29.4 Å². The van der Waals surface area contributed by atoms with Gasteiger partial charge in [-0.15, -0.1) is 0 Å². The van der Waals surface area contributed by atoms with E-state index >= 15 is 0 Å². The third kappa shape index (κ3) is 3.23. The molecule has 0 spiro atoms. The van der Waals surface area contributed by atoms with E-state index in [1.165, 1.54) is 31.2 Å². The summed E-state index contributed by atoms with van der Waals surface area (Å²) in [6.07, 6.45) is 6.35. The molecule has 0 saturated heterocycles. The van der Waals surface area contributed by atoms with Gasteiger partial charge in [-0.05, 0) is 18.4 Å². The zero-order chi connectivity index (χ0) is 15.4. The Morgan fingerprint density at radius 3 is 2.73 bits per heavy atom. The molecule has 1 aliphatic rings. The van der Waals surface area contributed by atoms with Gasteiger partial charge in [0.1, 0.15) is 0 Å². The zero-order valence-electron chi connectivity index (χ0n) is 13.2. The van der Waals surface area contributed by atoms with Crippen LogP contribution in [0.5, 0.6) is 0 Å². The number of aromatic nitrogens is 2. The van der Waals surface area contributed by atoms with Gasteiger partial charge in [0.2, 0.25) is 0 Å². The Morgan fingerprint density at radius 1 is 1.18 bits per heavy atom. The molecule has 0 atom stereocenters. The minimum absolute atomic E-state index is 0.0572. The van der Waals surface area contributed by atoms with E-state index in [0.29, 0.717) is 0 Å². The smallest absolute Gasteiger partial charge is 0.168 e. The summed E-state index contributed by atoms with van der Waals surface area (Å²) in [5, 5.41) is 10.7. The van der Waals surface area contributed by atoms with Crippen molar-refractivity contribution in [1.82, 2.24) is 9.55 Å². The Morgan fingerprint density at radius 2 is 2.00 bits per heavy atom. The minimum Gasteiger partial charge on any atom is -0.390 e. The fourth-order valence-electron chi connectivity index (χ4n) is 3.01. The summed E-state index contributed by atoms with van der Waals surface area (Å²) >= 11 is 1.77. The zero-order valence-corrected chi connectivity index (χ0v) is 14.0. The summed E-state index contributed by atoms with van der Waals surface area (Å²) in [6, 6.07) is 8.72. The average Bonchev–Trinajstić information content (AvgIpc) is 3.12. The largest absolute Gasteiger partial charge is 0.390 e. The molecule has 118 valence electrons. The highest BCUT2D eigenvalue weighted by molar-refractivity contribution is 7.99. The molecule has 2 heterocycles. The second-order valence-corrected chi connectivity index (χ2v) is 6.92. The van der Waals surface area contributed by atoms with Gasteiger partial charge in [0, 0.05) is 17.9 Å². The van der Waals surface area contributed by atoms with Crippen molar-refractivity contribution in [3.8, 4) is 11.3 Å². The van der Waals surface area contributed by atoms with Crippen molar-refractivity contribution in [2.45, 2.75) is 57.3 Å². The van der Waals surface area contributed by atoms with E-state index in [9.17, 15) is 5.11 Å². The highest BCUT2D eigenvalue weighted by Gasteiger charge is 2.21. The first-order valence-electron chi connectivity index (χ1n) is 8.26. The molecule has 1 aliphatic heterocycles. The van der Waals surface area contributed by atoms with Gasteiger partial charge < -0.3 is 9.67 Å². The molecule has 0 radical (unpaired) electrons. The Bertz CT molecular complexity index is 619. The first-order valence-corrected chi connectivity index (χ1v) is 9.24. The van der Waals surface area contributed by atoms with E-state index in [2.05, 4.69) is 35.8 Å².